The first-order valence-corrected chi connectivity index (χ1v) is 11.5. The molecule has 0 aromatic heterocycles. The largest absolute Gasteiger partial charge is 0.381 e. The molecule has 25 heavy (non-hydrogen) atoms. The van der Waals surface area contributed by atoms with Crippen LogP contribution in [0.5, 0.6) is 0 Å². The minimum absolute atomic E-state index is 0.787. The van der Waals surface area contributed by atoms with Gasteiger partial charge in [0.25, 0.3) is 0 Å². The van der Waals surface area contributed by atoms with Gasteiger partial charge in [-0.1, -0.05) is 65.2 Å². The Balaban J connectivity index is 1.55. The van der Waals surface area contributed by atoms with Crippen LogP contribution in [-0.4, -0.2) is 26.4 Å². The number of rotatable bonds is 16. The maximum absolute atomic E-state index is 6.10. The second-order valence-corrected chi connectivity index (χ2v) is 8.64. The predicted octanol–water partition coefficient (Wildman–Crippen LogP) is 6.62. The minimum Gasteiger partial charge on any atom is -0.381 e. The van der Waals surface area contributed by atoms with Crippen LogP contribution in [0.3, 0.4) is 0 Å². The van der Waals surface area contributed by atoms with Crippen molar-refractivity contribution in [1.29, 1.82) is 0 Å². The smallest absolute Gasteiger partial charge is 0.0500 e. The maximum atomic E-state index is 6.10. The van der Waals surface area contributed by atoms with Crippen molar-refractivity contribution in [3.63, 3.8) is 0 Å². The molecule has 4 unspecified atom stereocenters. The highest BCUT2D eigenvalue weighted by molar-refractivity contribution is 4.96. The van der Waals surface area contributed by atoms with E-state index in [0.29, 0.717) is 0 Å². The van der Waals surface area contributed by atoms with E-state index in [-0.39, 0.29) is 0 Å². The van der Waals surface area contributed by atoms with E-state index >= 15 is 0 Å². The van der Waals surface area contributed by atoms with Crippen molar-refractivity contribution < 1.29 is 9.47 Å². The van der Waals surface area contributed by atoms with E-state index in [0.717, 1.165) is 50.1 Å². The summed E-state index contributed by atoms with van der Waals surface area (Å²) in [6.07, 6.45) is 17.7. The molecule has 4 atom stereocenters. The fraction of sp³-hybridized carbons (Fsp3) is 1.00. The van der Waals surface area contributed by atoms with Crippen LogP contribution in [-0.2, 0) is 9.47 Å². The third-order valence-corrected chi connectivity index (χ3v) is 6.68. The van der Waals surface area contributed by atoms with Crippen LogP contribution in [0.4, 0.5) is 0 Å². The Kier molecular flexibility index (Phi) is 11.2. The van der Waals surface area contributed by atoms with Crippen molar-refractivity contribution in [2.45, 2.75) is 97.3 Å². The number of ether oxygens (including phenoxy) is 2. The molecule has 148 valence electrons. The summed E-state index contributed by atoms with van der Waals surface area (Å²) in [5.41, 5.74) is 0. The zero-order chi connectivity index (χ0) is 17.7. The summed E-state index contributed by atoms with van der Waals surface area (Å²) in [5, 5.41) is 0. The molecule has 0 radical (unpaired) electrons. The van der Waals surface area contributed by atoms with Crippen LogP contribution in [0.1, 0.15) is 97.3 Å². The molecular formula is C23H44O2. The van der Waals surface area contributed by atoms with E-state index in [1.807, 2.05) is 0 Å². The normalized spacial score (nSPS) is 28.1. The van der Waals surface area contributed by atoms with Crippen LogP contribution in [0.15, 0.2) is 0 Å². The van der Waals surface area contributed by atoms with Crippen LogP contribution in [0, 0.1) is 23.7 Å². The topological polar surface area (TPSA) is 18.5 Å². The highest BCUT2D eigenvalue weighted by Crippen LogP contribution is 2.52. The van der Waals surface area contributed by atoms with Gasteiger partial charge in [0.15, 0.2) is 0 Å². The molecule has 2 bridgehead atoms. The SMILES string of the molecule is CCCCCCCOCC1C2CCC(C2)C1COCCCCCCC. The molecule has 0 N–H and O–H groups in total. The molecule has 0 aromatic carbocycles. The first-order valence-electron chi connectivity index (χ1n) is 11.5. The molecule has 2 rings (SSSR count). The van der Waals surface area contributed by atoms with Gasteiger partial charge in [-0.2, -0.15) is 0 Å². The Hall–Kier alpha value is -0.0800. The molecule has 0 spiro atoms. The Morgan fingerprint density at radius 2 is 1.04 bits per heavy atom. The van der Waals surface area contributed by atoms with E-state index in [9.17, 15) is 0 Å². The summed E-state index contributed by atoms with van der Waals surface area (Å²) in [6, 6.07) is 0. The maximum Gasteiger partial charge on any atom is 0.0500 e. The molecule has 2 aliphatic carbocycles. The third-order valence-electron chi connectivity index (χ3n) is 6.68. The first-order chi connectivity index (χ1) is 12.4. The zero-order valence-corrected chi connectivity index (χ0v) is 17.1. The Morgan fingerprint density at radius 1 is 0.600 bits per heavy atom. The van der Waals surface area contributed by atoms with Crippen LogP contribution < -0.4 is 0 Å². The Labute approximate surface area is 157 Å². The van der Waals surface area contributed by atoms with Crippen molar-refractivity contribution in [1.82, 2.24) is 0 Å². The zero-order valence-electron chi connectivity index (χ0n) is 17.1. The molecule has 0 amide bonds. The summed E-state index contributed by atoms with van der Waals surface area (Å²) >= 11 is 0. The van der Waals surface area contributed by atoms with Crippen LogP contribution >= 0.6 is 0 Å². The lowest BCUT2D eigenvalue weighted by Crippen LogP contribution is -2.30. The fourth-order valence-corrected chi connectivity index (χ4v) is 5.10. The van der Waals surface area contributed by atoms with E-state index in [2.05, 4.69) is 13.8 Å². The lowest BCUT2D eigenvalue weighted by Gasteiger charge is -2.30. The minimum atomic E-state index is 0.787. The second kappa shape index (κ2) is 13.1. The van der Waals surface area contributed by atoms with Crippen molar-refractivity contribution in [3.05, 3.63) is 0 Å². The molecule has 0 heterocycles. The Bertz CT molecular complexity index is 287. The molecule has 2 aliphatic rings. The van der Waals surface area contributed by atoms with E-state index < -0.39 is 0 Å². The van der Waals surface area contributed by atoms with E-state index in [4.69, 9.17) is 9.47 Å². The number of unbranched alkanes of at least 4 members (excludes halogenated alkanes) is 8. The fourth-order valence-electron chi connectivity index (χ4n) is 5.10. The van der Waals surface area contributed by atoms with Gasteiger partial charge in [-0.3, -0.25) is 0 Å². The van der Waals surface area contributed by atoms with Crippen LogP contribution in [0.2, 0.25) is 0 Å². The average molecular weight is 353 g/mol. The van der Waals surface area contributed by atoms with Crippen molar-refractivity contribution in [2.24, 2.45) is 23.7 Å². The van der Waals surface area contributed by atoms with E-state index in [1.165, 1.54) is 83.5 Å². The molecule has 2 nitrogen and oxygen atoms in total. The lowest BCUT2D eigenvalue weighted by molar-refractivity contribution is 0.00767. The standard InChI is InChI=1S/C23H44O2/c1-3-5-7-9-11-15-24-18-22-20-13-14-21(17-20)23(22)19-25-16-12-10-8-6-4-2/h20-23H,3-19H2,1-2H3. The number of fused-ring (bicyclic) bond motifs is 2. The Morgan fingerprint density at radius 3 is 1.48 bits per heavy atom. The lowest BCUT2D eigenvalue weighted by atomic mass is 9.80. The van der Waals surface area contributed by atoms with Crippen molar-refractivity contribution >= 4 is 0 Å². The quantitative estimate of drug-likeness (QED) is 0.290. The molecule has 2 heteroatoms. The third kappa shape index (κ3) is 7.59. The van der Waals surface area contributed by atoms with Gasteiger partial charge in [-0.05, 0) is 55.8 Å². The van der Waals surface area contributed by atoms with Gasteiger partial charge in [0.2, 0.25) is 0 Å². The van der Waals surface area contributed by atoms with Gasteiger partial charge in [0.1, 0.15) is 0 Å². The van der Waals surface area contributed by atoms with Gasteiger partial charge in [-0.15, -0.1) is 0 Å². The molecule has 2 fully saturated rings. The van der Waals surface area contributed by atoms with Gasteiger partial charge in [0, 0.05) is 13.2 Å². The summed E-state index contributed by atoms with van der Waals surface area (Å²) in [7, 11) is 0. The molecule has 0 saturated heterocycles. The van der Waals surface area contributed by atoms with Crippen molar-refractivity contribution in [3.8, 4) is 0 Å². The highest BCUT2D eigenvalue weighted by atomic mass is 16.5. The monoisotopic (exact) mass is 352 g/mol. The summed E-state index contributed by atoms with van der Waals surface area (Å²) < 4.78 is 12.2. The molecule has 0 aromatic rings. The van der Waals surface area contributed by atoms with E-state index in [1.54, 1.807) is 0 Å². The summed E-state index contributed by atoms with van der Waals surface area (Å²) in [4.78, 5) is 0. The number of hydrogen-bond donors (Lipinski definition) is 0. The van der Waals surface area contributed by atoms with Crippen LogP contribution in [0.25, 0.3) is 0 Å². The van der Waals surface area contributed by atoms with Gasteiger partial charge in [0.05, 0.1) is 13.2 Å². The van der Waals surface area contributed by atoms with Gasteiger partial charge < -0.3 is 9.47 Å². The van der Waals surface area contributed by atoms with Crippen molar-refractivity contribution in [2.75, 3.05) is 26.4 Å². The first kappa shape index (κ1) is 21.2. The predicted molar refractivity (Wildman–Crippen MR) is 107 cm³/mol. The van der Waals surface area contributed by atoms with Gasteiger partial charge in [-0.25, -0.2) is 0 Å². The summed E-state index contributed by atoms with van der Waals surface area (Å²) in [5.74, 6) is 3.44. The average Bonchev–Trinajstić information content (AvgIpc) is 3.22. The molecule has 0 aliphatic heterocycles. The van der Waals surface area contributed by atoms with Gasteiger partial charge >= 0.3 is 0 Å². The number of hydrogen-bond acceptors (Lipinski definition) is 2. The highest BCUT2D eigenvalue weighted by Gasteiger charge is 2.47. The molecular weight excluding hydrogens is 308 g/mol. The second-order valence-electron chi connectivity index (χ2n) is 8.64. The molecule has 2 saturated carbocycles. The summed E-state index contributed by atoms with van der Waals surface area (Å²) in [6.45, 7) is 8.50.